The molecule has 2 rings (SSSR count). The van der Waals surface area contributed by atoms with E-state index in [9.17, 15) is 9.59 Å². The fourth-order valence-electron chi connectivity index (χ4n) is 3.09. The van der Waals surface area contributed by atoms with Crippen LogP contribution >= 0.6 is 0 Å². The second kappa shape index (κ2) is 5.80. The van der Waals surface area contributed by atoms with Gasteiger partial charge in [-0.2, -0.15) is 0 Å². The number of aliphatic carboxylic acids is 1. The van der Waals surface area contributed by atoms with Crippen molar-refractivity contribution in [3.63, 3.8) is 0 Å². The molecule has 1 N–H and O–H groups in total. The van der Waals surface area contributed by atoms with Crippen LogP contribution < -0.4 is 0 Å². The van der Waals surface area contributed by atoms with Crippen molar-refractivity contribution in [2.75, 3.05) is 26.2 Å². The molecule has 108 valence electrons. The number of carboxylic acids is 1. The van der Waals surface area contributed by atoms with Gasteiger partial charge in [-0.25, -0.2) is 4.79 Å². The van der Waals surface area contributed by atoms with Gasteiger partial charge < -0.3 is 14.9 Å². The zero-order valence-corrected chi connectivity index (χ0v) is 11.8. The van der Waals surface area contributed by atoms with E-state index in [0.717, 1.165) is 31.8 Å². The molecule has 0 bridgehead atoms. The molecule has 0 aromatic rings. The van der Waals surface area contributed by atoms with Crippen LogP contribution in [0.1, 0.15) is 33.1 Å². The largest absolute Gasteiger partial charge is 0.481 e. The number of hydrogen-bond acceptors (Lipinski definition) is 2. The van der Waals surface area contributed by atoms with Crippen molar-refractivity contribution in [3.05, 3.63) is 0 Å². The fraction of sp³-hybridized carbons (Fsp3) is 0.857. The maximum absolute atomic E-state index is 12.3. The highest BCUT2D eigenvalue weighted by molar-refractivity contribution is 5.77. The van der Waals surface area contributed by atoms with Crippen LogP contribution in [-0.2, 0) is 4.79 Å². The Balaban J connectivity index is 1.83. The SMILES string of the molecule is CC(C)C1CCN(C(=O)N2CCC(C(=O)O)C2)CC1. The molecule has 0 aromatic carbocycles. The van der Waals surface area contributed by atoms with Gasteiger partial charge in [-0.15, -0.1) is 0 Å². The van der Waals surface area contributed by atoms with E-state index in [-0.39, 0.29) is 11.9 Å². The molecule has 19 heavy (non-hydrogen) atoms. The van der Waals surface area contributed by atoms with Crippen molar-refractivity contribution in [3.8, 4) is 0 Å². The summed E-state index contributed by atoms with van der Waals surface area (Å²) in [4.78, 5) is 26.8. The van der Waals surface area contributed by atoms with Crippen LogP contribution in [0.5, 0.6) is 0 Å². The maximum Gasteiger partial charge on any atom is 0.320 e. The number of urea groups is 1. The monoisotopic (exact) mass is 268 g/mol. The Kier molecular flexibility index (Phi) is 4.32. The second-order valence-corrected chi connectivity index (χ2v) is 6.12. The quantitative estimate of drug-likeness (QED) is 0.832. The van der Waals surface area contributed by atoms with Gasteiger partial charge in [0.15, 0.2) is 0 Å². The Morgan fingerprint density at radius 2 is 1.63 bits per heavy atom. The highest BCUT2D eigenvalue weighted by Gasteiger charge is 2.34. The normalized spacial score (nSPS) is 25.1. The lowest BCUT2D eigenvalue weighted by Crippen LogP contribution is -2.46. The van der Waals surface area contributed by atoms with Crippen molar-refractivity contribution in [1.29, 1.82) is 0 Å². The van der Waals surface area contributed by atoms with E-state index in [4.69, 9.17) is 5.11 Å². The van der Waals surface area contributed by atoms with Gasteiger partial charge in [-0.1, -0.05) is 13.8 Å². The van der Waals surface area contributed by atoms with Gasteiger partial charge >= 0.3 is 12.0 Å². The molecule has 0 aromatic heterocycles. The van der Waals surface area contributed by atoms with E-state index in [1.54, 1.807) is 4.90 Å². The summed E-state index contributed by atoms with van der Waals surface area (Å²) in [5.74, 6) is 0.237. The molecule has 5 nitrogen and oxygen atoms in total. The fourth-order valence-corrected chi connectivity index (χ4v) is 3.09. The smallest absolute Gasteiger partial charge is 0.320 e. The molecular formula is C14H24N2O3. The third-order valence-electron chi connectivity index (χ3n) is 4.56. The summed E-state index contributed by atoms with van der Waals surface area (Å²) in [5.41, 5.74) is 0. The first-order chi connectivity index (χ1) is 8.99. The molecule has 2 aliphatic heterocycles. The molecule has 2 saturated heterocycles. The summed E-state index contributed by atoms with van der Waals surface area (Å²) in [6.45, 7) is 7.06. The Bertz CT molecular complexity index is 349. The predicted molar refractivity (Wildman–Crippen MR) is 71.8 cm³/mol. The minimum atomic E-state index is -0.784. The lowest BCUT2D eigenvalue weighted by atomic mass is 9.87. The van der Waals surface area contributed by atoms with Gasteiger partial charge in [0.25, 0.3) is 0 Å². The first kappa shape index (κ1) is 14.2. The number of carbonyl (C=O) groups excluding carboxylic acids is 1. The average Bonchev–Trinajstić information content (AvgIpc) is 2.87. The second-order valence-electron chi connectivity index (χ2n) is 6.12. The molecule has 0 spiro atoms. The summed E-state index contributed by atoms with van der Waals surface area (Å²) < 4.78 is 0. The number of nitrogens with zero attached hydrogens (tertiary/aromatic N) is 2. The highest BCUT2D eigenvalue weighted by Crippen LogP contribution is 2.26. The lowest BCUT2D eigenvalue weighted by Gasteiger charge is -2.36. The van der Waals surface area contributed by atoms with Crippen LogP contribution in [-0.4, -0.2) is 53.1 Å². The van der Waals surface area contributed by atoms with Crippen LogP contribution in [0.2, 0.25) is 0 Å². The van der Waals surface area contributed by atoms with Gasteiger partial charge in [-0.05, 0) is 31.1 Å². The van der Waals surface area contributed by atoms with E-state index >= 15 is 0 Å². The van der Waals surface area contributed by atoms with Crippen molar-refractivity contribution in [2.45, 2.75) is 33.1 Å². The number of likely N-dealkylation sites (tertiary alicyclic amines) is 2. The van der Waals surface area contributed by atoms with Crippen LogP contribution in [0, 0.1) is 17.8 Å². The van der Waals surface area contributed by atoms with E-state index in [0.29, 0.717) is 25.4 Å². The van der Waals surface area contributed by atoms with Crippen LogP contribution in [0.15, 0.2) is 0 Å². The van der Waals surface area contributed by atoms with Gasteiger partial charge in [0.2, 0.25) is 0 Å². The van der Waals surface area contributed by atoms with Crippen molar-refractivity contribution >= 4 is 12.0 Å². The van der Waals surface area contributed by atoms with E-state index in [2.05, 4.69) is 13.8 Å². The topological polar surface area (TPSA) is 60.9 Å². The Hall–Kier alpha value is -1.26. The third-order valence-corrected chi connectivity index (χ3v) is 4.56. The molecule has 2 heterocycles. The van der Waals surface area contributed by atoms with E-state index < -0.39 is 5.97 Å². The van der Waals surface area contributed by atoms with Crippen LogP contribution in [0.25, 0.3) is 0 Å². The van der Waals surface area contributed by atoms with Crippen LogP contribution in [0.3, 0.4) is 0 Å². The average molecular weight is 268 g/mol. The molecule has 0 radical (unpaired) electrons. The standard InChI is InChI=1S/C14H24N2O3/c1-10(2)11-3-6-15(7-4-11)14(19)16-8-5-12(9-16)13(17)18/h10-12H,3-9H2,1-2H3,(H,17,18). The molecule has 0 saturated carbocycles. The maximum atomic E-state index is 12.3. The summed E-state index contributed by atoms with van der Waals surface area (Å²) >= 11 is 0. The molecule has 2 amide bonds. The van der Waals surface area contributed by atoms with Crippen molar-refractivity contribution in [2.24, 2.45) is 17.8 Å². The van der Waals surface area contributed by atoms with Gasteiger partial charge in [0.1, 0.15) is 0 Å². The highest BCUT2D eigenvalue weighted by atomic mass is 16.4. The Morgan fingerprint density at radius 1 is 1.05 bits per heavy atom. The molecule has 2 fully saturated rings. The molecule has 2 aliphatic rings. The zero-order valence-electron chi connectivity index (χ0n) is 11.8. The molecule has 5 heteroatoms. The van der Waals surface area contributed by atoms with Crippen molar-refractivity contribution < 1.29 is 14.7 Å². The summed E-state index contributed by atoms with van der Waals surface area (Å²) in [6, 6.07) is 0.0333. The number of piperidine rings is 1. The van der Waals surface area contributed by atoms with Crippen LogP contribution in [0.4, 0.5) is 4.79 Å². The van der Waals surface area contributed by atoms with Gasteiger partial charge in [0, 0.05) is 26.2 Å². The molecule has 1 atom stereocenters. The summed E-state index contributed by atoms with van der Waals surface area (Å²) in [7, 11) is 0. The van der Waals surface area contributed by atoms with E-state index in [1.807, 2.05) is 4.90 Å². The summed E-state index contributed by atoms with van der Waals surface area (Å²) in [6.07, 6.45) is 2.72. The van der Waals surface area contributed by atoms with Gasteiger partial charge in [0.05, 0.1) is 5.92 Å². The first-order valence-corrected chi connectivity index (χ1v) is 7.25. The predicted octanol–water partition coefficient (Wildman–Crippen LogP) is 1.88. The number of rotatable bonds is 2. The number of carboxylic acid groups (broad SMARTS) is 1. The van der Waals surface area contributed by atoms with Crippen molar-refractivity contribution in [1.82, 2.24) is 9.80 Å². The number of carbonyl (C=O) groups is 2. The number of hydrogen-bond donors (Lipinski definition) is 1. The zero-order chi connectivity index (χ0) is 14.0. The minimum absolute atomic E-state index is 0.0333. The molecule has 1 unspecified atom stereocenters. The molecular weight excluding hydrogens is 244 g/mol. The Labute approximate surface area is 114 Å². The lowest BCUT2D eigenvalue weighted by molar-refractivity contribution is -0.141. The van der Waals surface area contributed by atoms with E-state index in [1.165, 1.54) is 0 Å². The minimum Gasteiger partial charge on any atom is -0.481 e. The van der Waals surface area contributed by atoms with Gasteiger partial charge in [-0.3, -0.25) is 4.79 Å². The Morgan fingerprint density at radius 3 is 2.11 bits per heavy atom. The third kappa shape index (κ3) is 3.19. The number of amides is 2. The first-order valence-electron chi connectivity index (χ1n) is 7.25. The molecule has 0 aliphatic carbocycles. The summed E-state index contributed by atoms with van der Waals surface area (Å²) in [5, 5.41) is 8.97.